The van der Waals surface area contributed by atoms with Gasteiger partial charge in [0.15, 0.2) is 11.5 Å². The number of carbonyl (C=O) groups is 2. The number of phenolic OH excluding ortho intramolecular Hbond substituents is 1. The van der Waals surface area contributed by atoms with Gasteiger partial charge in [0.05, 0.1) is 20.6 Å². The van der Waals surface area contributed by atoms with Crippen LogP contribution in [-0.4, -0.2) is 31.3 Å². The summed E-state index contributed by atoms with van der Waals surface area (Å²) in [6.45, 7) is 0. The Balaban J connectivity index is 2.06. The van der Waals surface area contributed by atoms with Crippen molar-refractivity contribution in [1.82, 2.24) is 0 Å². The van der Waals surface area contributed by atoms with Crippen LogP contribution >= 0.6 is 0 Å². The SMILES string of the molecule is COC(=O)Cc1ccc(OC(=O)/C=C/c2ccc(O)cc2)c(OC)c1. The quantitative estimate of drug-likeness (QED) is 0.494. The maximum atomic E-state index is 11.9. The number of hydrogen-bond acceptors (Lipinski definition) is 6. The van der Waals surface area contributed by atoms with Crippen molar-refractivity contribution in [1.29, 1.82) is 0 Å². The van der Waals surface area contributed by atoms with E-state index in [1.54, 1.807) is 36.4 Å². The van der Waals surface area contributed by atoms with E-state index in [2.05, 4.69) is 4.74 Å². The molecule has 0 atom stereocenters. The Bertz CT molecular complexity index is 777. The molecule has 25 heavy (non-hydrogen) atoms. The summed E-state index contributed by atoms with van der Waals surface area (Å²) < 4.78 is 15.1. The first kappa shape index (κ1) is 18.1. The lowest BCUT2D eigenvalue weighted by Crippen LogP contribution is -2.07. The van der Waals surface area contributed by atoms with Gasteiger partial charge in [0.2, 0.25) is 0 Å². The van der Waals surface area contributed by atoms with Crippen LogP contribution in [0.25, 0.3) is 6.08 Å². The van der Waals surface area contributed by atoms with E-state index in [1.807, 2.05) is 0 Å². The van der Waals surface area contributed by atoms with Gasteiger partial charge >= 0.3 is 11.9 Å². The third kappa shape index (κ3) is 5.39. The lowest BCUT2D eigenvalue weighted by Gasteiger charge is -2.09. The van der Waals surface area contributed by atoms with E-state index in [0.717, 1.165) is 5.56 Å². The summed E-state index contributed by atoms with van der Waals surface area (Å²) in [5, 5.41) is 9.22. The molecule has 0 unspecified atom stereocenters. The van der Waals surface area contributed by atoms with Crippen molar-refractivity contribution in [2.75, 3.05) is 14.2 Å². The van der Waals surface area contributed by atoms with Gasteiger partial charge in [-0.15, -0.1) is 0 Å². The van der Waals surface area contributed by atoms with Gasteiger partial charge < -0.3 is 19.3 Å². The molecule has 6 nitrogen and oxygen atoms in total. The van der Waals surface area contributed by atoms with E-state index in [4.69, 9.17) is 9.47 Å². The summed E-state index contributed by atoms with van der Waals surface area (Å²) in [7, 11) is 2.76. The molecule has 0 aliphatic heterocycles. The molecule has 0 fully saturated rings. The van der Waals surface area contributed by atoms with Crippen LogP contribution in [0.4, 0.5) is 0 Å². The summed E-state index contributed by atoms with van der Waals surface area (Å²) in [5.41, 5.74) is 1.43. The van der Waals surface area contributed by atoms with E-state index < -0.39 is 5.97 Å². The van der Waals surface area contributed by atoms with E-state index in [-0.39, 0.29) is 23.9 Å². The van der Waals surface area contributed by atoms with Crippen molar-refractivity contribution >= 4 is 18.0 Å². The van der Waals surface area contributed by atoms with Crippen LogP contribution < -0.4 is 9.47 Å². The summed E-state index contributed by atoms with van der Waals surface area (Å²) in [6, 6.07) is 11.2. The van der Waals surface area contributed by atoms with Gasteiger partial charge in [0.1, 0.15) is 5.75 Å². The van der Waals surface area contributed by atoms with E-state index in [9.17, 15) is 14.7 Å². The molecule has 130 valence electrons. The molecule has 2 rings (SSSR count). The van der Waals surface area contributed by atoms with Gasteiger partial charge in [-0.05, 0) is 41.5 Å². The smallest absolute Gasteiger partial charge is 0.336 e. The zero-order valence-corrected chi connectivity index (χ0v) is 13.9. The first-order valence-corrected chi connectivity index (χ1v) is 7.44. The number of esters is 2. The van der Waals surface area contributed by atoms with Crippen LogP contribution in [0.15, 0.2) is 48.5 Å². The van der Waals surface area contributed by atoms with Gasteiger partial charge in [-0.2, -0.15) is 0 Å². The fourth-order valence-corrected chi connectivity index (χ4v) is 2.04. The maximum absolute atomic E-state index is 11.9. The zero-order valence-electron chi connectivity index (χ0n) is 13.9. The molecule has 1 N–H and O–H groups in total. The Morgan fingerprint density at radius 3 is 2.40 bits per heavy atom. The fourth-order valence-electron chi connectivity index (χ4n) is 2.04. The average molecular weight is 342 g/mol. The number of ether oxygens (including phenoxy) is 3. The minimum atomic E-state index is -0.577. The molecule has 0 saturated carbocycles. The molecule has 0 spiro atoms. The van der Waals surface area contributed by atoms with E-state index >= 15 is 0 Å². The number of carbonyl (C=O) groups excluding carboxylic acids is 2. The second kappa shape index (κ2) is 8.54. The minimum absolute atomic E-state index is 0.0990. The topological polar surface area (TPSA) is 82.1 Å². The maximum Gasteiger partial charge on any atom is 0.336 e. The standard InChI is InChI=1S/C19H18O6/c1-23-17-11-14(12-19(22)24-2)5-9-16(17)25-18(21)10-6-13-3-7-15(20)8-4-13/h3-11,20H,12H2,1-2H3/b10-6+. The highest BCUT2D eigenvalue weighted by Gasteiger charge is 2.11. The summed E-state index contributed by atoms with van der Waals surface area (Å²) in [4.78, 5) is 23.3. The lowest BCUT2D eigenvalue weighted by molar-refractivity contribution is -0.139. The molecule has 0 aliphatic rings. The third-order valence-corrected chi connectivity index (χ3v) is 3.32. The molecule has 0 aliphatic carbocycles. The molecule has 2 aromatic carbocycles. The Morgan fingerprint density at radius 2 is 1.76 bits per heavy atom. The number of aromatic hydroxyl groups is 1. The lowest BCUT2D eigenvalue weighted by atomic mass is 10.1. The van der Waals surface area contributed by atoms with Crippen LogP contribution in [0, 0.1) is 0 Å². The third-order valence-electron chi connectivity index (χ3n) is 3.32. The summed E-state index contributed by atoms with van der Waals surface area (Å²) >= 11 is 0. The van der Waals surface area contributed by atoms with Crippen LogP contribution in [-0.2, 0) is 20.7 Å². The van der Waals surface area contributed by atoms with Crippen molar-refractivity contribution in [3.8, 4) is 17.2 Å². The molecule has 0 bridgehead atoms. The average Bonchev–Trinajstić information content (AvgIpc) is 2.62. The Kier molecular flexibility index (Phi) is 6.17. The van der Waals surface area contributed by atoms with Crippen molar-refractivity contribution in [2.24, 2.45) is 0 Å². The number of hydrogen-bond donors (Lipinski definition) is 1. The van der Waals surface area contributed by atoms with Crippen molar-refractivity contribution in [3.05, 3.63) is 59.7 Å². The predicted octanol–water partition coefficient (Wildman–Crippen LogP) is 2.74. The number of rotatable bonds is 6. The second-order valence-electron chi connectivity index (χ2n) is 5.08. The van der Waals surface area contributed by atoms with Crippen molar-refractivity contribution in [3.63, 3.8) is 0 Å². The van der Waals surface area contributed by atoms with Crippen LogP contribution in [0.1, 0.15) is 11.1 Å². The highest BCUT2D eigenvalue weighted by atomic mass is 16.6. The summed E-state index contributed by atoms with van der Waals surface area (Å²) in [6.07, 6.45) is 2.94. The second-order valence-corrected chi connectivity index (χ2v) is 5.08. The summed E-state index contributed by atoms with van der Waals surface area (Å²) in [5.74, 6) is -0.212. The Labute approximate surface area is 145 Å². The monoisotopic (exact) mass is 342 g/mol. The first-order chi connectivity index (χ1) is 12.0. The Morgan fingerprint density at radius 1 is 1.04 bits per heavy atom. The molecule has 0 radical (unpaired) electrons. The fraction of sp³-hybridized carbons (Fsp3) is 0.158. The van der Waals surface area contributed by atoms with Crippen LogP contribution in [0.2, 0.25) is 0 Å². The van der Waals surface area contributed by atoms with Crippen molar-refractivity contribution < 1.29 is 28.9 Å². The van der Waals surface area contributed by atoms with Gasteiger partial charge in [-0.3, -0.25) is 4.79 Å². The van der Waals surface area contributed by atoms with Gasteiger partial charge in [0.25, 0.3) is 0 Å². The normalized spacial score (nSPS) is 10.5. The predicted molar refractivity (Wildman–Crippen MR) is 91.5 cm³/mol. The molecule has 0 heterocycles. The van der Waals surface area contributed by atoms with Gasteiger partial charge in [0, 0.05) is 6.08 Å². The zero-order chi connectivity index (χ0) is 18.2. The molecular formula is C19H18O6. The molecule has 0 aromatic heterocycles. The van der Waals surface area contributed by atoms with Gasteiger partial charge in [-0.1, -0.05) is 18.2 Å². The minimum Gasteiger partial charge on any atom is -0.508 e. The van der Waals surface area contributed by atoms with Gasteiger partial charge in [-0.25, -0.2) is 4.79 Å². The van der Waals surface area contributed by atoms with E-state index in [1.165, 1.54) is 32.4 Å². The molecule has 0 saturated heterocycles. The number of methoxy groups -OCH3 is 2. The van der Waals surface area contributed by atoms with Crippen molar-refractivity contribution in [2.45, 2.75) is 6.42 Å². The van der Waals surface area contributed by atoms with Crippen LogP contribution in [0.3, 0.4) is 0 Å². The van der Waals surface area contributed by atoms with Crippen LogP contribution in [0.5, 0.6) is 17.2 Å². The van der Waals surface area contributed by atoms with E-state index in [0.29, 0.717) is 11.3 Å². The number of benzene rings is 2. The molecule has 2 aromatic rings. The largest absolute Gasteiger partial charge is 0.508 e. The molecular weight excluding hydrogens is 324 g/mol. The highest BCUT2D eigenvalue weighted by Crippen LogP contribution is 2.28. The molecule has 6 heteroatoms. The highest BCUT2D eigenvalue weighted by molar-refractivity contribution is 5.89. The number of phenols is 1. The molecule has 0 amide bonds. The Hall–Kier alpha value is -3.28. The first-order valence-electron chi connectivity index (χ1n) is 7.44.